The molecule has 0 radical (unpaired) electrons. The number of halogens is 2. The molecule has 0 aliphatic carbocycles. The van der Waals surface area contributed by atoms with E-state index < -0.39 is 9.84 Å². The number of sulfone groups is 1. The number of nitrogens with zero attached hydrogens (tertiary/aromatic N) is 1. The van der Waals surface area contributed by atoms with Crippen LogP contribution in [0.2, 0.25) is 10.0 Å². The van der Waals surface area contributed by atoms with Gasteiger partial charge in [0.15, 0.2) is 9.84 Å². The van der Waals surface area contributed by atoms with Crippen molar-refractivity contribution in [1.82, 2.24) is 4.98 Å². The van der Waals surface area contributed by atoms with Gasteiger partial charge in [-0.15, -0.1) is 0 Å². The fourth-order valence-electron chi connectivity index (χ4n) is 2.38. The Hall–Kier alpha value is -1.88. The van der Waals surface area contributed by atoms with E-state index in [0.717, 1.165) is 22.4 Å². The zero-order valence-corrected chi connectivity index (χ0v) is 15.0. The maximum atomic E-state index is 11.6. The average Bonchev–Trinajstić information content (AvgIpc) is 2.55. The second-order valence-corrected chi connectivity index (χ2v) is 8.24. The lowest BCUT2D eigenvalue weighted by molar-refractivity contribution is 0.602. The van der Waals surface area contributed by atoms with Crippen LogP contribution in [0.3, 0.4) is 0 Å². The number of pyridine rings is 1. The molecule has 0 aliphatic rings. The van der Waals surface area contributed by atoms with Crippen LogP contribution in [0, 0.1) is 0 Å². The third kappa shape index (κ3) is 3.61. The minimum atomic E-state index is -3.23. The second kappa shape index (κ2) is 6.55. The van der Waals surface area contributed by atoms with E-state index in [9.17, 15) is 8.42 Å². The lowest BCUT2D eigenvalue weighted by atomic mass is 9.99. The molecule has 0 atom stereocenters. The fourth-order valence-corrected chi connectivity index (χ4v) is 3.29. The first kappa shape index (κ1) is 17.0. The summed E-state index contributed by atoms with van der Waals surface area (Å²) in [6.45, 7) is 0. The molecule has 0 aliphatic heterocycles. The van der Waals surface area contributed by atoms with Gasteiger partial charge >= 0.3 is 0 Å². The average molecular weight is 378 g/mol. The maximum Gasteiger partial charge on any atom is 0.175 e. The Morgan fingerprint density at radius 3 is 2.00 bits per heavy atom. The van der Waals surface area contributed by atoms with Crippen molar-refractivity contribution in [2.24, 2.45) is 0 Å². The van der Waals surface area contributed by atoms with Gasteiger partial charge in [-0.2, -0.15) is 0 Å². The van der Waals surface area contributed by atoms with E-state index in [1.807, 2.05) is 18.2 Å². The Morgan fingerprint density at radius 1 is 0.833 bits per heavy atom. The second-order valence-electron chi connectivity index (χ2n) is 5.35. The third-order valence-electron chi connectivity index (χ3n) is 3.57. The summed E-state index contributed by atoms with van der Waals surface area (Å²) in [6, 6.07) is 15.8. The van der Waals surface area contributed by atoms with Crippen LogP contribution in [0.5, 0.6) is 0 Å². The first-order chi connectivity index (χ1) is 11.3. The predicted octanol–water partition coefficient (Wildman–Crippen LogP) is 5.13. The summed E-state index contributed by atoms with van der Waals surface area (Å²) in [5.74, 6) is 0. The quantitative estimate of drug-likeness (QED) is 0.635. The molecular formula is C18H13Cl2NO2S. The Bertz CT molecular complexity index is 983. The molecule has 24 heavy (non-hydrogen) atoms. The fraction of sp³-hybridized carbons (Fsp3) is 0.0556. The monoisotopic (exact) mass is 377 g/mol. The van der Waals surface area contributed by atoms with Gasteiger partial charge in [0.05, 0.1) is 15.6 Å². The number of benzene rings is 2. The van der Waals surface area contributed by atoms with Gasteiger partial charge in [-0.05, 0) is 35.9 Å². The molecule has 0 spiro atoms. The highest BCUT2D eigenvalue weighted by atomic mass is 35.5. The molecule has 122 valence electrons. The lowest BCUT2D eigenvalue weighted by Gasteiger charge is -2.10. The summed E-state index contributed by atoms with van der Waals surface area (Å²) >= 11 is 12.0. The molecule has 0 amide bonds. The van der Waals surface area contributed by atoms with Gasteiger partial charge in [-0.1, -0.05) is 47.5 Å². The van der Waals surface area contributed by atoms with Crippen LogP contribution in [-0.2, 0) is 9.84 Å². The summed E-state index contributed by atoms with van der Waals surface area (Å²) in [5.41, 5.74) is 3.31. The molecule has 0 saturated carbocycles. The standard InChI is InChI=1S/C18H13Cl2NO2S/c1-24(22,23)16-8-4-12(5-9-16)17-10-15(20)11-21-18(17)13-2-6-14(19)7-3-13/h2-11H,1H3. The van der Waals surface area contributed by atoms with Crippen LogP contribution >= 0.6 is 23.2 Å². The van der Waals surface area contributed by atoms with Gasteiger partial charge in [-0.3, -0.25) is 4.98 Å². The molecule has 0 bridgehead atoms. The summed E-state index contributed by atoms with van der Waals surface area (Å²) in [4.78, 5) is 4.70. The molecule has 2 aromatic carbocycles. The van der Waals surface area contributed by atoms with Gasteiger partial charge < -0.3 is 0 Å². The van der Waals surface area contributed by atoms with Crippen molar-refractivity contribution in [1.29, 1.82) is 0 Å². The summed E-state index contributed by atoms with van der Waals surface area (Å²) < 4.78 is 23.2. The predicted molar refractivity (Wildman–Crippen MR) is 98.2 cm³/mol. The Labute approximate surface area is 150 Å². The van der Waals surface area contributed by atoms with Crippen LogP contribution in [0.15, 0.2) is 65.7 Å². The van der Waals surface area contributed by atoms with E-state index in [1.165, 1.54) is 6.26 Å². The van der Waals surface area contributed by atoms with Gasteiger partial charge in [0.25, 0.3) is 0 Å². The van der Waals surface area contributed by atoms with Crippen molar-refractivity contribution >= 4 is 33.0 Å². The van der Waals surface area contributed by atoms with Crippen LogP contribution in [-0.4, -0.2) is 19.7 Å². The Balaban J connectivity index is 2.13. The van der Waals surface area contributed by atoms with Crippen molar-refractivity contribution in [2.45, 2.75) is 4.90 Å². The van der Waals surface area contributed by atoms with Crippen LogP contribution < -0.4 is 0 Å². The molecule has 1 aromatic heterocycles. The number of hydrogen-bond donors (Lipinski definition) is 0. The van der Waals surface area contributed by atoms with E-state index in [2.05, 4.69) is 4.98 Å². The molecule has 3 aromatic rings. The first-order valence-corrected chi connectivity index (χ1v) is 9.71. The smallest absolute Gasteiger partial charge is 0.175 e. The molecule has 3 rings (SSSR count). The molecule has 0 unspecified atom stereocenters. The van der Waals surface area contributed by atoms with E-state index in [1.54, 1.807) is 42.6 Å². The third-order valence-corrected chi connectivity index (χ3v) is 5.15. The van der Waals surface area contributed by atoms with Gasteiger partial charge in [0.1, 0.15) is 0 Å². The summed E-state index contributed by atoms with van der Waals surface area (Å²) in [5, 5.41) is 1.15. The van der Waals surface area contributed by atoms with E-state index in [-0.39, 0.29) is 4.90 Å². The lowest BCUT2D eigenvalue weighted by Crippen LogP contribution is -1.96. The highest BCUT2D eigenvalue weighted by Gasteiger charge is 2.12. The van der Waals surface area contributed by atoms with Crippen LogP contribution in [0.25, 0.3) is 22.4 Å². The van der Waals surface area contributed by atoms with Crippen molar-refractivity contribution in [3.05, 3.63) is 70.8 Å². The molecule has 0 fully saturated rings. The van der Waals surface area contributed by atoms with Gasteiger partial charge in [0.2, 0.25) is 0 Å². The molecule has 6 heteroatoms. The van der Waals surface area contributed by atoms with Crippen molar-refractivity contribution in [2.75, 3.05) is 6.26 Å². The van der Waals surface area contributed by atoms with E-state index in [4.69, 9.17) is 23.2 Å². The molecule has 1 heterocycles. The van der Waals surface area contributed by atoms with Crippen LogP contribution in [0.1, 0.15) is 0 Å². The molecule has 0 N–H and O–H groups in total. The summed E-state index contributed by atoms with van der Waals surface area (Å²) in [6.07, 6.45) is 2.77. The molecule has 3 nitrogen and oxygen atoms in total. The van der Waals surface area contributed by atoms with Crippen molar-refractivity contribution in [3.63, 3.8) is 0 Å². The van der Waals surface area contributed by atoms with Crippen molar-refractivity contribution < 1.29 is 8.42 Å². The minimum absolute atomic E-state index is 0.272. The Morgan fingerprint density at radius 2 is 1.42 bits per heavy atom. The molecular weight excluding hydrogens is 365 g/mol. The maximum absolute atomic E-state index is 11.6. The number of hydrogen-bond acceptors (Lipinski definition) is 3. The van der Waals surface area contributed by atoms with Gasteiger partial charge in [0, 0.05) is 28.6 Å². The van der Waals surface area contributed by atoms with E-state index in [0.29, 0.717) is 10.0 Å². The van der Waals surface area contributed by atoms with Crippen molar-refractivity contribution in [3.8, 4) is 22.4 Å². The first-order valence-electron chi connectivity index (χ1n) is 7.06. The Kier molecular flexibility index (Phi) is 4.63. The van der Waals surface area contributed by atoms with E-state index >= 15 is 0 Å². The van der Waals surface area contributed by atoms with Gasteiger partial charge in [-0.25, -0.2) is 8.42 Å². The zero-order valence-electron chi connectivity index (χ0n) is 12.7. The van der Waals surface area contributed by atoms with Crippen LogP contribution in [0.4, 0.5) is 0 Å². The number of aromatic nitrogens is 1. The highest BCUT2D eigenvalue weighted by molar-refractivity contribution is 7.90. The molecule has 0 saturated heterocycles. The normalized spacial score (nSPS) is 11.5. The number of rotatable bonds is 3. The largest absolute Gasteiger partial charge is 0.254 e. The minimum Gasteiger partial charge on any atom is -0.254 e. The summed E-state index contributed by atoms with van der Waals surface area (Å²) in [7, 11) is -3.23. The SMILES string of the molecule is CS(=O)(=O)c1ccc(-c2cc(Cl)cnc2-c2ccc(Cl)cc2)cc1. The zero-order chi connectivity index (χ0) is 17.3. The highest BCUT2D eigenvalue weighted by Crippen LogP contribution is 2.33. The topological polar surface area (TPSA) is 47.0 Å².